The number of carbonyl (C=O) groups is 1. The van der Waals surface area contributed by atoms with Crippen LogP contribution in [0.3, 0.4) is 0 Å². The van der Waals surface area contributed by atoms with Crippen LogP contribution in [0.2, 0.25) is 0 Å². The second kappa shape index (κ2) is 3.08. The molecule has 0 radical (unpaired) electrons. The lowest BCUT2D eigenvalue weighted by Crippen LogP contribution is -2.02. The molecular weight excluding hydrogens is 220 g/mol. The van der Waals surface area contributed by atoms with Gasteiger partial charge in [0.05, 0.1) is 5.92 Å². The summed E-state index contributed by atoms with van der Waals surface area (Å²) in [6.07, 6.45) is 1.81. The molecule has 3 heteroatoms. The zero-order valence-corrected chi connectivity index (χ0v) is 8.63. The monoisotopic (exact) mass is 230 g/mol. The minimum absolute atomic E-state index is 0.102. The van der Waals surface area contributed by atoms with E-state index in [1.807, 2.05) is 19.9 Å². The normalized spacial score (nSPS) is 30.2. The van der Waals surface area contributed by atoms with E-state index in [4.69, 9.17) is 5.11 Å². The van der Waals surface area contributed by atoms with Crippen molar-refractivity contribution in [3.63, 3.8) is 0 Å². The predicted octanol–water partition coefficient (Wildman–Crippen LogP) is 2.41. The Morgan fingerprint density at radius 2 is 2.25 bits per heavy atom. The maximum atomic E-state index is 10.7. The molecule has 12 heavy (non-hydrogen) atoms. The van der Waals surface area contributed by atoms with E-state index in [0.29, 0.717) is 0 Å². The van der Waals surface area contributed by atoms with Crippen molar-refractivity contribution in [2.75, 3.05) is 0 Å². The predicted molar refractivity (Wildman–Crippen MR) is 50.0 cm³/mol. The maximum Gasteiger partial charge on any atom is 0.307 e. The van der Waals surface area contributed by atoms with Crippen LogP contribution in [0.4, 0.5) is 0 Å². The Kier molecular flexibility index (Phi) is 2.45. The number of carboxylic acid groups (broad SMARTS) is 1. The second-order valence-electron chi connectivity index (χ2n) is 3.61. The summed E-state index contributed by atoms with van der Waals surface area (Å²) in [5.41, 5.74) is 2.75. The number of allylic oxidation sites excluding steroid dienone is 1. The molecule has 0 aromatic heterocycles. The number of aliphatic carboxylic acids is 1. The van der Waals surface area contributed by atoms with E-state index in [1.54, 1.807) is 4.99 Å². The zero-order chi connectivity index (χ0) is 9.35. The molecule has 66 valence electrons. The number of hydrogen-bond acceptors (Lipinski definition) is 1. The van der Waals surface area contributed by atoms with E-state index >= 15 is 0 Å². The second-order valence-corrected chi connectivity index (χ2v) is 4.06. The number of hydrogen-bond donors (Lipinski definition) is 1. The van der Waals surface area contributed by atoms with Crippen LogP contribution in [0.1, 0.15) is 13.8 Å². The summed E-state index contributed by atoms with van der Waals surface area (Å²) in [5.74, 6) is -0.820. The van der Waals surface area contributed by atoms with Gasteiger partial charge in [-0.3, -0.25) is 4.79 Å². The van der Waals surface area contributed by atoms with Gasteiger partial charge in [-0.2, -0.15) is 0 Å². The molecule has 0 aliphatic heterocycles. The van der Waals surface area contributed by atoms with Gasteiger partial charge in [0.1, 0.15) is 0 Å². The van der Waals surface area contributed by atoms with Gasteiger partial charge >= 0.3 is 5.97 Å². The molecule has 1 aliphatic carbocycles. The fourth-order valence-electron chi connectivity index (χ4n) is 1.60. The van der Waals surface area contributed by atoms with Crippen molar-refractivity contribution in [1.82, 2.24) is 0 Å². The number of rotatable bonds is 2. The van der Waals surface area contributed by atoms with Crippen molar-refractivity contribution in [3.05, 3.63) is 16.8 Å². The minimum Gasteiger partial charge on any atom is -0.481 e. The fraction of sp³-hybridized carbons (Fsp3) is 0.556. The Balaban J connectivity index is 2.73. The Hall–Kier alpha value is -0.530. The van der Waals surface area contributed by atoms with Crippen molar-refractivity contribution in [2.45, 2.75) is 13.8 Å². The van der Waals surface area contributed by atoms with Crippen LogP contribution in [-0.2, 0) is 4.79 Å². The molecule has 0 saturated heterocycles. The smallest absolute Gasteiger partial charge is 0.307 e. The zero-order valence-electron chi connectivity index (χ0n) is 7.04. The van der Waals surface area contributed by atoms with Gasteiger partial charge in [-0.05, 0) is 11.5 Å². The van der Waals surface area contributed by atoms with Crippen LogP contribution in [0, 0.1) is 17.3 Å². The lowest BCUT2D eigenvalue weighted by atomic mass is 10.1. The van der Waals surface area contributed by atoms with Gasteiger partial charge in [-0.25, -0.2) is 0 Å². The van der Waals surface area contributed by atoms with Crippen molar-refractivity contribution in [2.24, 2.45) is 17.3 Å². The van der Waals surface area contributed by atoms with Crippen LogP contribution in [-0.4, -0.2) is 11.1 Å². The van der Waals surface area contributed by atoms with Gasteiger partial charge in [0.2, 0.25) is 0 Å². The third kappa shape index (κ3) is 1.47. The Morgan fingerprint density at radius 1 is 1.67 bits per heavy atom. The molecule has 0 spiro atoms. The number of halogens is 1. The molecular formula is C9H11BrO2. The summed E-state index contributed by atoms with van der Waals surface area (Å²) in [6.45, 7) is 3.92. The summed E-state index contributed by atoms with van der Waals surface area (Å²) in [4.78, 5) is 12.3. The highest BCUT2D eigenvalue weighted by molar-refractivity contribution is 9.11. The minimum atomic E-state index is -0.711. The summed E-state index contributed by atoms with van der Waals surface area (Å²) < 4.78 is 0. The van der Waals surface area contributed by atoms with Crippen LogP contribution >= 0.6 is 15.9 Å². The van der Waals surface area contributed by atoms with E-state index in [-0.39, 0.29) is 17.3 Å². The molecule has 0 aromatic carbocycles. The molecule has 2 nitrogen and oxygen atoms in total. The first-order chi connectivity index (χ1) is 5.51. The Bertz CT molecular complexity index is 262. The molecule has 2 atom stereocenters. The Labute approximate surface area is 80.1 Å². The van der Waals surface area contributed by atoms with Crippen molar-refractivity contribution in [1.29, 1.82) is 0 Å². The summed E-state index contributed by atoms with van der Waals surface area (Å²) in [5, 5.41) is 8.79. The van der Waals surface area contributed by atoms with Crippen molar-refractivity contribution >= 4 is 21.9 Å². The third-order valence-electron chi connectivity index (χ3n) is 2.52. The van der Waals surface area contributed by atoms with Crippen molar-refractivity contribution in [3.8, 4) is 0 Å². The highest BCUT2D eigenvalue weighted by atomic mass is 79.9. The van der Waals surface area contributed by atoms with E-state index in [1.165, 1.54) is 0 Å². The standard InChI is InChI=1S/C9H11BrO2/c1-9(2)6(4-3-5-10)7(9)8(11)12/h4-7H,1-2H3,(H,11,12). The molecule has 0 aromatic rings. The molecule has 1 rings (SSSR count). The quantitative estimate of drug-likeness (QED) is 0.741. The molecule has 1 aliphatic rings. The van der Waals surface area contributed by atoms with Gasteiger partial charge in [0.15, 0.2) is 0 Å². The SMILES string of the molecule is CC1(C)C(C=C=CBr)C1C(=O)O. The van der Waals surface area contributed by atoms with Gasteiger partial charge in [0, 0.05) is 10.9 Å². The highest BCUT2D eigenvalue weighted by Crippen LogP contribution is 2.58. The fourth-order valence-corrected chi connectivity index (χ4v) is 1.75. The van der Waals surface area contributed by atoms with Gasteiger partial charge in [-0.15, -0.1) is 5.73 Å². The van der Waals surface area contributed by atoms with Gasteiger partial charge in [0.25, 0.3) is 0 Å². The van der Waals surface area contributed by atoms with Crippen molar-refractivity contribution < 1.29 is 9.90 Å². The van der Waals surface area contributed by atoms with Crippen LogP contribution in [0.15, 0.2) is 16.8 Å². The average Bonchev–Trinajstić information content (AvgIpc) is 2.49. The van der Waals surface area contributed by atoms with E-state index in [0.717, 1.165) is 0 Å². The molecule has 2 unspecified atom stereocenters. The molecule has 1 N–H and O–H groups in total. The first kappa shape index (κ1) is 9.56. The lowest BCUT2D eigenvalue weighted by molar-refractivity contribution is -0.139. The third-order valence-corrected chi connectivity index (χ3v) is 2.78. The molecule has 0 heterocycles. The largest absolute Gasteiger partial charge is 0.481 e. The average molecular weight is 231 g/mol. The van der Waals surface area contributed by atoms with E-state index < -0.39 is 5.97 Å². The first-order valence-corrected chi connectivity index (χ1v) is 4.67. The molecule has 1 fully saturated rings. The summed E-state index contributed by atoms with van der Waals surface area (Å²) in [6, 6.07) is 0. The summed E-state index contributed by atoms with van der Waals surface area (Å²) in [7, 11) is 0. The first-order valence-electron chi connectivity index (χ1n) is 3.76. The molecule has 0 bridgehead atoms. The Morgan fingerprint density at radius 3 is 2.58 bits per heavy atom. The number of carboxylic acids is 1. The van der Waals surface area contributed by atoms with Gasteiger partial charge in [-0.1, -0.05) is 29.8 Å². The lowest BCUT2D eigenvalue weighted by Gasteiger charge is -1.95. The topological polar surface area (TPSA) is 37.3 Å². The van der Waals surface area contributed by atoms with Crippen LogP contribution in [0.25, 0.3) is 0 Å². The molecule has 1 saturated carbocycles. The van der Waals surface area contributed by atoms with Crippen LogP contribution < -0.4 is 0 Å². The van der Waals surface area contributed by atoms with E-state index in [2.05, 4.69) is 21.7 Å². The maximum absolute atomic E-state index is 10.7. The van der Waals surface area contributed by atoms with E-state index in [9.17, 15) is 4.79 Å². The van der Waals surface area contributed by atoms with Gasteiger partial charge < -0.3 is 5.11 Å². The van der Waals surface area contributed by atoms with Crippen LogP contribution in [0.5, 0.6) is 0 Å². The molecule has 0 amide bonds. The summed E-state index contributed by atoms with van der Waals surface area (Å²) >= 11 is 3.09. The highest BCUT2D eigenvalue weighted by Gasteiger charge is 2.60.